The summed E-state index contributed by atoms with van der Waals surface area (Å²) in [6.45, 7) is 0. The van der Waals surface area contributed by atoms with Crippen molar-refractivity contribution in [3.63, 3.8) is 0 Å². The third-order valence-electron chi connectivity index (χ3n) is 5.17. The number of tetrazole rings is 1. The van der Waals surface area contributed by atoms with E-state index in [0.29, 0.717) is 5.82 Å². The first-order valence-corrected chi connectivity index (χ1v) is 8.61. The van der Waals surface area contributed by atoms with Gasteiger partial charge in [0.1, 0.15) is 0 Å². The van der Waals surface area contributed by atoms with Crippen molar-refractivity contribution < 1.29 is 0 Å². The Labute approximate surface area is 150 Å². The van der Waals surface area contributed by atoms with Gasteiger partial charge in [-0.2, -0.15) is 0 Å². The SMILES string of the molecule is C1=CC(c2ccccc2)(c2ccccc2)Cc2c[nH]c(-c3nnn[nH]3)c21. The summed E-state index contributed by atoms with van der Waals surface area (Å²) in [5.41, 5.74) is 5.72. The lowest BCUT2D eigenvalue weighted by Crippen LogP contribution is -2.30. The number of allylic oxidation sites excluding steroid dienone is 1. The molecule has 5 nitrogen and oxygen atoms in total. The van der Waals surface area contributed by atoms with Crippen LogP contribution < -0.4 is 0 Å². The minimum Gasteiger partial charge on any atom is -0.358 e. The molecule has 2 heterocycles. The van der Waals surface area contributed by atoms with Crippen LogP contribution in [0.4, 0.5) is 0 Å². The Hall–Kier alpha value is -3.47. The number of aromatic amines is 2. The second-order valence-electron chi connectivity index (χ2n) is 6.57. The van der Waals surface area contributed by atoms with Crippen molar-refractivity contribution in [2.75, 3.05) is 0 Å². The number of rotatable bonds is 3. The molecule has 2 aromatic carbocycles. The number of nitrogens with one attached hydrogen (secondary N) is 2. The molecule has 5 heteroatoms. The smallest absolute Gasteiger partial charge is 0.196 e. The maximum absolute atomic E-state index is 4.04. The Balaban J connectivity index is 1.67. The van der Waals surface area contributed by atoms with Crippen molar-refractivity contribution in [2.24, 2.45) is 0 Å². The Bertz CT molecular complexity index is 1010. The molecule has 5 rings (SSSR count). The average molecular weight is 339 g/mol. The zero-order valence-electron chi connectivity index (χ0n) is 14.1. The zero-order valence-corrected chi connectivity index (χ0v) is 14.1. The van der Waals surface area contributed by atoms with Crippen LogP contribution >= 0.6 is 0 Å². The van der Waals surface area contributed by atoms with Gasteiger partial charge in [-0.05, 0) is 33.5 Å². The Morgan fingerprint density at radius 2 is 1.58 bits per heavy atom. The molecule has 0 bridgehead atoms. The highest BCUT2D eigenvalue weighted by Crippen LogP contribution is 2.43. The van der Waals surface area contributed by atoms with Gasteiger partial charge >= 0.3 is 0 Å². The van der Waals surface area contributed by atoms with E-state index in [0.717, 1.165) is 17.7 Å². The molecule has 0 aliphatic heterocycles. The van der Waals surface area contributed by atoms with E-state index in [1.165, 1.54) is 16.7 Å². The van der Waals surface area contributed by atoms with Crippen molar-refractivity contribution in [1.29, 1.82) is 0 Å². The molecule has 26 heavy (non-hydrogen) atoms. The van der Waals surface area contributed by atoms with Crippen LogP contribution in [-0.2, 0) is 11.8 Å². The maximum Gasteiger partial charge on any atom is 0.196 e. The Morgan fingerprint density at radius 1 is 0.885 bits per heavy atom. The predicted molar refractivity (Wildman–Crippen MR) is 100 cm³/mol. The highest BCUT2D eigenvalue weighted by molar-refractivity contribution is 5.74. The third-order valence-corrected chi connectivity index (χ3v) is 5.17. The van der Waals surface area contributed by atoms with Crippen molar-refractivity contribution in [3.05, 3.63) is 95.2 Å². The number of hydrogen-bond acceptors (Lipinski definition) is 3. The molecule has 0 spiro atoms. The number of fused-ring (bicyclic) bond motifs is 1. The van der Waals surface area contributed by atoms with E-state index in [2.05, 4.69) is 105 Å². The average Bonchev–Trinajstić information content (AvgIpc) is 3.38. The second-order valence-corrected chi connectivity index (χ2v) is 6.57. The largest absolute Gasteiger partial charge is 0.358 e. The number of nitrogens with zero attached hydrogens (tertiary/aromatic N) is 3. The van der Waals surface area contributed by atoms with Gasteiger partial charge in [-0.3, -0.25) is 0 Å². The Kier molecular flexibility index (Phi) is 3.31. The standard InChI is InChI=1S/C21H17N5/c1-3-7-16(8-4-1)21(17-9-5-2-6-10-17)12-11-18-15(13-21)14-22-19(18)20-23-25-26-24-20/h1-12,14,22H,13H2,(H,23,24,25,26). The molecule has 1 aliphatic rings. The van der Waals surface area contributed by atoms with Gasteiger partial charge in [0.2, 0.25) is 0 Å². The molecule has 126 valence electrons. The van der Waals surface area contributed by atoms with Crippen LogP contribution in [0.25, 0.3) is 17.6 Å². The molecule has 2 aromatic heterocycles. The summed E-state index contributed by atoms with van der Waals surface area (Å²) in [7, 11) is 0. The highest BCUT2D eigenvalue weighted by Gasteiger charge is 2.36. The molecular formula is C21H17N5. The highest BCUT2D eigenvalue weighted by atomic mass is 15.5. The molecule has 0 saturated carbocycles. The minimum atomic E-state index is -0.186. The van der Waals surface area contributed by atoms with E-state index in [1.807, 2.05) is 0 Å². The number of hydrogen-bond donors (Lipinski definition) is 2. The first kappa shape index (κ1) is 14.8. The van der Waals surface area contributed by atoms with Gasteiger partial charge in [0.05, 0.1) is 5.69 Å². The van der Waals surface area contributed by atoms with E-state index in [-0.39, 0.29) is 5.41 Å². The van der Waals surface area contributed by atoms with Gasteiger partial charge in [0.25, 0.3) is 0 Å². The van der Waals surface area contributed by atoms with Gasteiger partial charge < -0.3 is 4.98 Å². The van der Waals surface area contributed by atoms with Gasteiger partial charge in [-0.1, -0.05) is 72.8 Å². The molecule has 2 N–H and O–H groups in total. The van der Waals surface area contributed by atoms with Crippen molar-refractivity contribution in [1.82, 2.24) is 25.6 Å². The molecule has 0 unspecified atom stereocenters. The maximum atomic E-state index is 4.04. The summed E-state index contributed by atoms with van der Waals surface area (Å²) in [6, 6.07) is 21.4. The lowest BCUT2D eigenvalue weighted by molar-refractivity contribution is 0.634. The quantitative estimate of drug-likeness (QED) is 0.597. The van der Waals surface area contributed by atoms with Crippen LogP contribution in [0.2, 0.25) is 0 Å². The fourth-order valence-electron chi connectivity index (χ4n) is 3.89. The van der Waals surface area contributed by atoms with Crippen LogP contribution in [0.3, 0.4) is 0 Å². The molecule has 1 aliphatic carbocycles. The molecule has 0 atom stereocenters. The summed E-state index contributed by atoms with van der Waals surface area (Å²) in [4.78, 5) is 3.33. The summed E-state index contributed by atoms with van der Waals surface area (Å²) >= 11 is 0. The summed E-state index contributed by atoms with van der Waals surface area (Å²) in [5, 5.41) is 14.2. The van der Waals surface area contributed by atoms with Gasteiger partial charge in [-0.25, -0.2) is 5.10 Å². The van der Waals surface area contributed by atoms with Crippen LogP contribution in [0.5, 0.6) is 0 Å². The van der Waals surface area contributed by atoms with Crippen molar-refractivity contribution in [3.8, 4) is 11.5 Å². The number of aromatic nitrogens is 5. The van der Waals surface area contributed by atoms with Gasteiger partial charge in [0.15, 0.2) is 5.82 Å². The van der Waals surface area contributed by atoms with Crippen LogP contribution in [0, 0.1) is 0 Å². The summed E-state index contributed by atoms with van der Waals surface area (Å²) in [6.07, 6.45) is 7.44. The van der Waals surface area contributed by atoms with E-state index in [4.69, 9.17) is 0 Å². The van der Waals surface area contributed by atoms with Crippen LogP contribution in [0.15, 0.2) is 72.9 Å². The van der Waals surface area contributed by atoms with Crippen molar-refractivity contribution >= 4 is 6.08 Å². The first-order valence-electron chi connectivity index (χ1n) is 8.61. The topological polar surface area (TPSA) is 70.2 Å². The second kappa shape index (κ2) is 5.81. The Morgan fingerprint density at radius 3 is 2.19 bits per heavy atom. The molecular weight excluding hydrogens is 322 g/mol. The lowest BCUT2D eigenvalue weighted by Gasteiger charge is -2.35. The molecule has 0 saturated heterocycles. The van der Waals surface area contributed by atoms with Gasteiger partial charge in [-0.15, -0.1) is 5.10 Å². The third kappa shape index (κ3) is 2.21. The van der Waals surface area contributed by atoms with E-state index in [9.17, 15) is 0 Å². The van der Waals surface area contributed by atoms with Crippen LogP contribution in [-0.4, -0.2) is 25.6 Å². The summed E-state index contributed by atoms with van der Waals surface area (Å²) < 4.78 is 0. The first-order chi connectivity index (χ1) is 12.9. The predicted octanol–water partition coefficient (Wildman–Crippen LogP) is 3.75. The lowest BCUT2D eigenvalue weighted by atomic mass is 9.68. The van der Waals surface area contributed by atoms with Crippen molar-refractivity contribution in [2.45, 2.75) is 11.8 Å². The normalized spacial score (nSPS) is 14.9. The molecule has 0 fully saturated rings. The van der Waals surface area contributed by atoms with Crippen LogP contribution in [0.1, 0.15) is 22.3 Å². The fraction of sp³-hybridized carbons (Fsp3) is 0.0952. The number of H-pyrrole nitrogens is 2. The molecule has 4 aromatic rings. The zero-order chi connectivity index (χ0) is 17.4. The van der Waals surface area contributed by atoms with E-state index >= 15 is 0 Å². The monoisotopic (exact) mass is 339 g/mol. The number of benzene rings is 2. The minimum absolute atomic E-state index is 0.186. The van der Waals surface area contributed by atoms with E-state index in [1.54, 1.807) is 0 Å². The molecule has 0 amide bonds. The summed E-state index contributed by atoms with van der Waals surface area (Å²) in [5.74, 6) is 0.655. The fourth-order valence-corrected chi connectivity index (χ4v) is 3.89. The van der Waals surface area contributed by atoms with E-state index < -0.39 is 0 Å². The molecule has 0 radical (unpaired) electrons. The van der Waals surface area contributed by atoms with Gasteiger partial charge in [0, 0.05) is 17.2 Å².